The van der Waals surface area contributed by atoms with Gasteiger partial charge in [-0.25, -0.2) is 5.43 Å². The molecule has 0 saturated heterocycles. The lowest BCUT2D eigenvalue weighted by Gasteiger charge is -2.15. The largest absolute Gasteiger partial charge is 0.275 e. The number of aryl methyl sites for hydroxylation is 2. The number of benzene rings is 1. The van der Waals surface area contributed by atoms with Gasteiger partial charge in [-0.05, 0) is 30.7 Å². The van der Waals surface area contributed by atoms with Crippen molar-refractivity contribution in [2.75, 3.05) is 0 Å². The zero-order valence-electron chi connectivity index (χ0n) is 11.5. The Kier molecular flexibility index (Phi) is 3.22. The molecule has 0 fully saturated rings. The minimum Gasteiger partial charge on any atom is -0.275 e. The van der Waals surface area contributed by atoms with Crippen molar-refractivity contribution in [3.05, 3.63) is 59.5 Å². The fourth-order valence-electron chi connectivity index (χ4n) is 2.40. The van der Waals surface area contributed by atoms with E-state index >= 15 is 0 Å². The van der Waals surface area contributed by atoms with Crippen LogP contribution >= 0.6 is 0 Å². The van der Waals surface area contributed by atoms with Crippen molar-refractivity contribution in [3.63, 3.8) is 0 Å². The molecule has 5 nitrogen and oxygen atoms in total. The minimum absolute atomic E-state index is 0.0746. The average Bonchev–Trinajstić information content (AvgIpc) is 2.86. The van der Waals surface area contributed by atoms with Gasteiger partial charge in [0.05, 0.1) is 17.8 Å². The van der Waals surface area contributed by atoms with E-state index in [0.29, 0.717) is 0 Å². The van der Waals surface area contributed by atoms with E-state index in [9.17, 15) is 0 Å². The van der Waals surface area contributed by atoms with Crippen LogP contribution < -0.4 is 11.3 Å². The number of pyridine rings is 1. The van der Waals surface area contributed by atoms with E-state index in [2.05, 4.69) is 27.6 Å². The van der Waals surface area contributed by atoms with Crippen LogP contribution in [0.5, 0.6) is 0 Å². The number of aromatic nitrogens is 3. The van der Waals surface area contributed by atoms with Crippen LogP contribution in [0.2, 0.25) is 0 Å². The van der Waals surface area contributed by atoms with Crippen molar-refractivity contribution in [2.45, 2.75) is 13.0 Å². The predicted molar refractivity (Wildman–Crippen MR) is 78.9 cm³/mol. The van der Waals surface area contributed by atoms with Crippen LogP contribution in [0.4, 0.5) is 0 Å². The number of nitrogens with zero attached hydrogens (tertiary/aromatic N) is 3. The summed E-state index contributed by atoms with van der Waals surface area (Å²) < 4.78 is 1.77. The molecule has 0 spiro atoms. The maximum Gasteiger partial charge on any atom is 0.0740 e. The summed E-state index contributed by atoms with van der Waals surface area (Å²) in [5, 5.41) is 5.30. The summed E-state index contributed by atoms with van der Waals surface area (Å²) in [4.78, 5) is 4.51. The first-order chi connectivity index (χ1) is 9.67. The molecule has 0 amide bonds. The van der Waals surface area contributed by atoms with Crippen LogP contribution in [-0.4, -0.2) is 14.8 Å². The number of hydrazine groups is 1. The number of nitrogens with one attached hydrogen (secondary N) is 1. The van der Waals surface area contributed by atoms with Crippen molar-refractivity contribution < 1.29 is 0 Å². The first-order valence-electron chi connectivity index (χ1n) is 6.49. The second-order valence-electron chi connectivity index (χ2n) is 4.95. The molecule has 3 aromatic rings. The van der Waals surface area contributed by atoms with Crippen LogP contribution in [0.25, 0.3) is 10.9 Å². The molecule has 2 aromatic heterocycles. The molecule has 0 aliphatic carbocycles. The molecule has 2 heterocycles. The molecule has 0 aliphatic heterocycles. The zero-order valence-corrected chi connectivity index (χ0v) is 11.5. The second kappa shape index (κ2) is 5.03. The lowest BCUT2D eigenvalue weighted by molar-refractivity contribution is 0.636. The molecule has 1 unspecified atom stereocenters. The first-order valence-corrected chi connectivity index (χ1v) is 6.49. The Morgan fingerprint density at radius 1 is 1.20 bits per heavy atom. The molecule has 1 atom stereocenters. The number of fused-ring (bicyclic) bond motifs is 1. The van der Waals surface area contributed by atoms with E-state index in [1.54, 1.807) is 4.68 Å². The van der Waals surface area contributed by atoms with E-state index in [0.717, 1.165) is 27.7 Å². The summed E-state index contributed by atoms with van der Waals surface area (Å²) in [5.74, 6) is 5.71. The summed E-state index contributed by atoms with van der Waals surface area (Å²) in [7, 11) is 1.89. The Hall–Kier alpha value is -2.24. The van der Waals surface area contributed by atoms with Crippen molar-refractivity contribution in [3.8, 4) is 0 Å². The highest BCUT2D eigenvalue weighted by Crippen LogP contribution is 2.24. The van der Waals surface area contributed by atoms with Crippen LogP contribution in [0.3, 0.4) is 0 Å². The van der Waals surface area contributed by atoms with E-state index < -0.39 is 0 Å². The molecule has 1 aromatic carbocycles. The second-order valence-corrected chi connectivity index (χ2v) is 4.95. The van der Waals surface area contributed by atoms with Crippen LogP contribution in [0.1, 0.15) is 22.9 Å². The average molecular weight is 267 g/mol. The third kappa shape index (κ3) is 2.29. The van der Waals surface area contributed by atoms with Crippen molar-refractivity contribution in [2.24, 2.45) is 12.9 Å². The number of nitrogens with two attached hydrogens (primary N) is 1. The third-order valence-corrected chi connectivity index (χ3v) is 3.41. The third-order valence-electron chi connectivity index (χ3n) is 3.41. The fourth-order valence-corrected chi connectivity index (χ4v) is 2.40. The van der Waals surface area contributed by atoms with Crippen LogP contribution in [0, 0.1) is 6.92 Å². The monoisotopic (exact) mass is 267 g/mol. The van der Waals surface area contributed by atoms with Crippen molar-refractivity contribution in [1.29, 1.82) is 0 Å². The normalized spacial score (nSPS) is 12.8. The zero-order chi connectivity index (χ0) is 14.1. The number of hydrogen-bond donors (Lipinski definition) is 2. The summed E-state index contributed by atoms with van der Waals surface area (Å²) in [6.45, 7) is 1.99. The lowest BCUT2D eigenvalue weighted by atomic mass is 10.00. The molecule has 0 saturated carbocycles. The van der Waals surface area contributed by atoms with Gasteiger partial charge in [-0.3, -0.25) is 15.5 Å². The lowest BCUT2D eigenvalue weighted by Crippen LogP contribution is -2.28. The molecule has 3 rings (SSSR count). The van der Waals surface area contributed by atoms with Gasteiger partial charge in [-0.15, -0.1) is 0 Å². The van der Waals surface area contributed by atoms with Gasteiger partial charge in [-0.1, -0.05) is 12.1 Å². The minimum atomic E-state index is -0.0746. The summed E-state index contributed by atoms with van der Waals surface area (Å²) >= 11 is 0. The molecule has 0 aliphatic rings. The standard InChI is InChI=1S/C15H17N5/c1-10-3-4-11-7-12(5-6-14(11)18-10)15(19-16)13-8-17-20(2)9-13/h3-9,15,19H,16H2,1-2H3. The van der Waals surface area contributed by atoms with Gasteiger partial charge in [0, 0.05) is 29.9 Å². The Morgan fingerprint density at radius 2 is 2.05 bits per heavy atom. The number of rotatable bonds is 3. The van der Waals surface area contributed by atoms with E-state index in [-0.39, 0.29) is 6.04 Å². The van der Waals surface area contributed by atoms with Gasteiger partial charge in [0.15, 0.2) is 0 Å². The van der Waals surface area contributed by atoms with E-state index in [4.69, 9.17) is 5.84 Å². The first kappa shape index (κ1) is 12.8. The summed E-state index contributed by atoms with van der Waals surface area (Å²) in [6, 6.07) is 10.2. The molecule has 0 radical (unpaired) electrons. The summed E-state index contributed by atoms with van der Waals surface area (Å²) in [6.07, 6.45) is 3.78. The fraction of sp³-hybridized carbons (Fsp3) is 0.200. The molecule has 20 heavy (non-hydrogen) atoms. The van der Waals surface area contributed by atoms with Gasteiger partial charge in [-0.2, -0.15) is 5.10 Å². The Bertz CT molecular complexity index is 747. The van der Waals surface area contributed by atoms with Gasteiger partial charge in [0.25, 0.3) is 0 Å². The quantitative estimate of drug-likeness (QED) is 0.561. The van der Waals surface area contributed by atoms with E-state index in [1.807, 2.05) is 44.6 Å². The van der Waals surface area contributed by atoms with Gasteiger partial charge in [0.1, 0.15) is 0 Å². The maximum absolute atomic E-state index is 5.71. The molecule has 3 N–H and O–H groups in total. The smallest absolute Gasteiger partial charge is 0.0740 e. The van der Waals surface area contributed by atoms with Crippen molar-refractivity contribution in [1.82, 2.24) is 20.2 Å². The SMILES string of the molecule is Cc1ccc2cc(C(NN)c3cnn(C)c3)ccc2n1. The molecule has 5 heteroatoms. The number of hydrogen-bond acceptors (Lipinski definition) is 4. The van der Waals surface area contributed by atoms with Crippen molar-refractivity contribution >= 4 is 10.9 Å². The highest BCUT2D eigenvalue weighted by molar-refractivity contribution is 5.79. The predicted octanol–water partition coefficient (Wildman–Crippen LogP) is 1.83. The Labute approximate surface area is 117 Å². The topological polar surface area (TPSA) is 68.8 Å². The maximum atomic E-state index is 5.71. The van der Waals surface area contributed by atoms with Crippen LogP contribution in [0.15, 0.2) is 42.7 Å². The molecule has 102 valence electrons. The van der Waals surface area contributed by atoms with Gasteiger partial charge in [0.2, 0.25) is 0 Å². The highest BCUT2D eigenvalue weighted by Gasteiger charge is 2.14. The molecule has 0 bridgehead atoms. The Morgan fingerprint density at radius 3 is 2.75 bits per heavy atom. The highest BCUT2D eigenvalue weighted by atomic mass is 15.3. The summed E-state index contributed by atoms with van der Waals surface area (Å²) in [5.41, 5.74) is 7.00. The van der Waals surface area contributed by atoms with Crippen LogP contribution in [-0.2, 0) is 7.05 Å². The van der Waals surface area contributed by atoms with E-state index in [1.165, 1.54) is 0 Å². The molecular weight excluding hydrogens is 250 g/mol. The Balaban J connectivity index is 2.05. The molecular formula is C15H17N5. The van der Waals surface area contributed by atoms with Gasteiger partial charge >= 0.3 is 0 Å². The van der Waals surface area contributed by atoms with Gasteiger partial charge < -0.3 is 0 Å².